The van der Waals surface area contributed by atoms with Crippen LogP contribution in [0, 0.1) is 0 Å². The Balaban J connectivity index is 1.28. The summed E-state index contributed by atoms with van der Waals surface area (Å²) >= 11 is 0. The third-order valence-electron chi connectivity index (χ3n) is 6.53. The number of ether oxygens (including phenoxy) is 1. The molecule has 1 aromatic heterocycles. The maximum absolute atomic E-state index is 12.8. The number of benzene rings is 3. The molecule has 188 valence electrons. The molecule has 0 bridgehead atoms. The van der Waals surface area contributed by atoms with E-state index in [0.717, 1.165) is 23.1 Å². The fraction of sp³-hybridized carbons (Fsp3) is 0.233. The first-order chi connectivity index (χ1) is 18.1. The van der Waals surface area contributed by atoms with Crippen molar-refractivity contribution in [2.45, 2.75) is 39.0 Å². The quantitative estimate of drug-likeness (QED) is 0.369. The van der Waals surface area contributed by atoms with Crippen LogP contribution in [-0.4, -0.2) is 28.2 Å². The third kappa shape index (κ3) is 5.56. The van der Waals surface area contributed by atoms with Crippen molar-refractivity contribution in [3.05, 3.63) is 119 Å². The van der Waals surface area contributed by atoms with E-state index in [1.165, 1.54) is 11.8 Å². The monoisotopic (exact) mass is 495 g/mol. The second kappa shape index (κ2) is 11.1. The van der Waals surface area contributed by atoms with E-state index in [9.17, 15) is 9.59 Å². The molecule has 1 unspecified atom stereocenters. The van der Waals surface area contributed by atoms with Crippen molar-refractivity contribution in [2.24, 2.45) is 0 Å². The van der Waals surface area contributed by atoms with Gasteiger partial charge in [-0.3, -0.25) is 9.59 Å². The molecule has 1 atom stereocenters. The molecule has 1 N–H and O–H groups in total. The lowest BCUT2D eigenvalue weighted by Gasteiger charge is -2.38. The van der Waals surface area contributed by atoms with Gasteiger partial charge >= 0.3 is 0 Å². The molecule has 5 rings (SSSR count). The summed E-state index contributed by atoms with van der Waals surface area (Å²) in [5.74, 6) is 0.784. The average molecular weight is 496 g/mol. The Kier molecular flexibility index (Phi) is 7.31. The fourth-order valence-corrected chi connectivity index (χ4v) is 4.64. The molecule has 0 spiro atoms. The van der Waals surface area contributed by atoms with Gasteiger partial charge < -0.3 is 19.4 Å². The van der Waals surface area contributed by atoms with Crippen LogP contribution in [0.1, 0.15) is 58.0 Å². The Bertz CT molecular complexity index is 1370. The Labute approximate surface area is 216 Å². The predicted octanol–water partition coefficient (Wildman–Crippen LogP) is 5.07. The molecule has 0 saturated heterocycles. The highest BCUT2D eigenvalue weighted by molar-refractivity contribution is 5.91. The molecule has 3 aromatic carbocycles. The van der Waals surface area contributed by atoms with E-state index in [4.69, 9.17) is 9.15 Å². The topological polar surface area (TPSA) is 84.7 Å². The fourth-order valence-electron chi connectivity index (χ4n) is 4.64. The summed E-state index contributed by atoms with van der Waals surface area (Å²) in [5.41, 5.74) is 4.54. The van der Waals surface area contributed by atoms with Gasteiger partial charge in [0.05, 0.1) is 6.04 Å². The van der Waals surface area contributed by atoms with Crippen LogP contribution >= 0.6 is 0 Å². The van der Waals surface area contributed by atoms with Crippen LogP contribution in [0.25, 0.3) is 0 Å². The van der Waals surface area contributed by atoms with E-state index >= 15 is 0 Å². The summed E-state index contributed by atoms with van der Waals surface area (Å²) in [6, 6.07) is 25.6. The van der Waals surface area contributed by atoms with Crippen molar-refractivity contribution in [1.29, 1.82) is 0 Å². The first-order valence-electron chi connectivity index (χ1n) is 12.5. The van der Waals surface area contributed by atoms with Crippen molar-refractivity contribution in [1.82, 2.24) is 15.2 Å². The highest BCUT2D eigenvalue weighted by atomic mass is 16.5. The number of carbonyl (C=O) groups excluding carboxylic acids is 2. The highest BCUT2D eigenvalue weighted by Gasteiger charge is 2.31. The number of amides is 2. The second-order valence-electron chi connectivity index (χ2n) is 8.95. The number of oxazole rings is 1. The van der Waals surface area contributed by atoms with E-state index in [1.54, 1.807) is 0 Å². The first kappa shape index (κ1) is 24.3. The second-order valence-corrected chi connectivity index (χ2v) is 8.95. The molecule has 4 aromatic rings. The normalized spacial score (nSPS) is 14.6. The Morgan fingerprint density at radius 1 is 1.05 bits per heavy atom. The van der Waals surface area contributed by atoms with E-state index in [-0.39, 0.29) is 30.2 Å². The van der Waals surface area contributed by atoms with E-state index < -0.39 is 0 Å². The van der Waals surface area contributed by atoms with Gasteiger partial charge in [-0.15, -0.1) is 0 Å². The van der Waals surface area contributed by atoms with Crippen LogP contribution in [0.3, 0.4) is 0 Å². The molecule has 2 amide bonds. The minimum Gasteiger partial charge on any atom is -0.484 e. The molecule has 0 aliphatic carbocycles. The summed E-state index contributed by atoms with van der Waals surface area (Å²) in [6.07, 6.45) is 2.59. The van der Waals surface area contributed by atoms with Gasteiger partial charge in [-0.05, 0) is 40.8 Å². The summed E-state index contributed by atoms with van der Waals surface area (Å²) < 4.78 is 11.5. The van der Waals surface area contributed by atoms with Crippen LogP contribution < -0.4 is 10.1 Å². The Hall–Kier alpha value is -4.39. The smallest absolute Gasteiger partial charge is 0.273 e. The molecule has 37 heavy (non-hydrogen) atoms. The molecule has 0 fully saturated rings. The molecular weight excluding hydrogens is 466 g/mol. The number of fused-ring (bicyclic) bond motifs is 1. The standard InChI is InChI=1S/C30H29N3O4/c1-2-28(34)33-16-15-22-13-14-24(17-25(22)29(33)23-11-7-4-8-12-23)36-20-27-32-26(19-37-27)30(35)31-18-21-9-5-3-6-10-21/h3-14,17,19,29H,2,15-16,18,20H2,1H3,(H,31,35). The molecule has 7 heteroatoms. The maximum Gasteiger partial charge on any atom is 0.273 e. The average Bonchev–Trinajstić information content (AvgIpc) is 3.44. The minimum atomic E-state index is -0.306. The van der Waals surface area contributed by atoms with Gasteiger partial charge in [-0.1, -0.05) is 73.7 Å². The van der Waals surface area contributed by atoms with Crippen molar-refractivity contribution in [2.75, 3.05) is 6.54 Å². The SMILES string of the molecule is CCC(=O)N1CCc2ccc(OCc3nc(C(=O)NCc4ccccc4)co3)cc2C1c1ccccc1. The van der Waals surface area contributed by atoms with Gasteiger partial charge in [0, 0.05) is 19.5 Å². The Morgan fingerprint density at radius 2 is 1.81 bits per heavy atom. The molecule has 0 radical (unpaired) electrons. The zero-order chi connectivity index (χ0) is 25.6. The van der Waals surface area contributed by atoms with E-state index in [0.29, 0.717) is 31.2 Å². The zero-order valence-electron chi connectivity index (χ0n) is 20.7. The number of nitrogens with one attached hydrogen (secondary N) is 1. The Morgan fingerprint density at radius 3 is 2.57 bits per heavy atom. The third-order valence-corrected chi connectivity index (χ3v) is 6.53. The summed E-state index contributed by atoms with van der Waals surface area (Å²) in [6.45, 7) is 3.07. The van der Waals surface area contributed by atoms with Gasteiger partial charge in [0.25, 0.3) is 5.91 Å². The van der Waals surface area contributed by atoms with Crippen LogP contribution in [0.15, 0.2) is 89.5 Å². The van der Waals surface area contributed by atoms with Gasteiger partial charge in [-0.2, -0.15) is 0 Å². The van der Waals surface area contributed by atoms with Gasteiger partial charge in [0.1, 0.15) is 12.0 Å². The number of nitrogens with zero attached hydrogens (tertiary/aromatic N) is 2. The molecule has 1 aliphatic rings. The van der Waals surface area contributed by atoms with Crippen LogP contribution in [0.2, 0.25) is 0 Å². The van der Waals surface area contributed by atoms with Crippen molar-refractivity contribution >= 4 is 11.8 Å². The first-order valence-corrected chi connectivity index (χ1v) is 12.5. The predicted molar refractivity (Wildman–Crippen MR) is 139 cm³/mol. The van der Waals surface area contributed by atoms with E-state index in [1.807, 2.05) is 72.5 Å². The lowest BCUT2D eigenvalue weighted by atomic mass is 9.87. The molecule has 2 heterocycles. The van der Waals surface area contributed by atoms with Crippen LogP contribution in [0.5, 0.6) is 5.75 Å². The van der Waals surface area contributed by atoms with E-state index in [2.05, 4.69) is 28.5 Å². The van der Waals surface area contributed by atoms with Gasteiger partial charge in [0.15, 0.2) is 12.3 Å². The lowest BCUT2D eigenvalue weighted by Crippen LogP contribution is -2.40. The van der Waals surface area contributed by atoms with Gasteiger partial charge in [0.2, 0.25) is 11.8 Å². The summed E-state index contributed by atoms with van der Waals surface area (Å²) in [4.78, 5) is 31.5. The van der Waals surface area contributed by atoms with Gasteiger partial charge in [-0.25, -0.2) is 4.98 Å². The minimum absolute atomic E-state index is 0.0817. The number of aromatic nitrogens is 1. The zero-order valence-corrected chi connectivity index (χ0v) is 20.7. The molecular formula is C30H29N3O4. The van der Waals surface area contributed by atoms with Crippen molar-refractivity contribution in [3.63, 3.8) is 0 Å². The maximum atomic E-state index is 12.8. The van der Waals surface area contributed by atoms with Crippen molar-refractivity contribution in [3.8, 4) is 5.75 Å². The number of hydrogen-bond acceptors (Lipinski definition) is 5. The molecule has 0 saturated carbocycles. The van der Waals surface area contributed by atoms with Crippen LogP contribution in [0.4, 0.5) is 0 Å². The molecule has 1 aliphatic heterocycles. The lowest BCUT2D eigenvalue weighted by molar-refractivity contribution is -0.132. The van der Waals surface area contributed by atoms with Crippen molar-refractivity contribution < 1.29 is 18.7 Å². The summed E-state index contributed by atoms with van der Waals surface area (Å²) in [5, 5.41) is 2.84. The molecule has 7 nitrogen and oxygen atoms in total. The number of carbonyl (C=O) groups is 2. The number of hydrogen-bond donors (Lipinski definition) is 1. The largest absolute Gasteiger partial charge is 0.484 e. The van der Waals surface area contributed by atoms with Crippen LogP contribution in [-0.2, 0) is 24.4 Å². The summed E-state index contributed by atoms with van der Waals surface area (Å²) in [7, 11) is 0. The highest BCUT2D eigenvalue weighted by Crippen LogP contribution is 2.37. The number of rotatable bonds is 8.